The quantitative estimate of drug-likeness (QED) is 0.663. The van der Waals surface area contributed by atoms with Crippen molar-refractivity contribution in [2.24, 2.45) is 0 Å². The largest absolute Gasteiger partial charge is 0.380 e. The molecule has 13 heavy (non-hydrogen) atoms. The van der Waals surface area contributed by atoms with Crippen LogP contribution in [-0.4, -0.2) is 50.2 Å². The molecule has 0 aromatic rings. The average molecular weight is 186 g/mol. The molecule has 4 heteroatoms. The highest BCUT2D eigenvalue weighted by Crippen LogP contribution is 2.11. The molecule has 1 N–H and O–H groups in total. The molecule has 1 rings (SSSR count). The summed E-state index contributed by atoms with van der Waals surface area (Å²) in [5, 5.41) is 3.03. The van der Waals surface area contributed by atoms with Gasteiger partial charge in [-0.15, -0.1) is 0 Å². The van der Waals surface area contributed by atoms with Gasteiger partial charge >= 0.3 is 0 Å². The van der Waals surface area contributed by atoms with Gasteiger partial charge in [0.15, 0.2) is 0 Å². The topological polar surface area (TPSA) is 41.6 Å². The van der Waals surface area contributed by atoms with E-state index >= 15 is 0 Å². The van der Waals surface area contributed by atoms with Crippen molar-refractivity contribution in [3.05, 3.63) is 0 Å². The van der Waals surface area contributed by atoms with E-state index in [1.54, 1.807) is 7.11 Å². The molecule has 1 aliphatic heterocycles. The highest BCUT2D eigenvalue weighted by Gasteiger charge is 2.25. The second kappa shape index (κ2) is 5.19. The third-order valence-electron chi connectivity index (χ3n) is 2.36. The van der Waals surface area contributed by atoms with Gasteiger partial charge in [-0.05, 0) is 13.0 Å². The molecule has 1 amide bonds. The first-order chi connectivity index (χ1) is 6.27. The smallest absolute Gasteiger partial charge is 0.236 e. The Balaban J connectivity index is 2.25. The van der Waals surface area contributed by atoms with Crippen molar-refractivity contribution < 1.29 is 9.53 Å². The molecule has 0 aliphatic carbocycles. The van der Waals surface area contributed by atoms with E-state index in [0.29, 0.717) is 6.54 Å². The molecule has 1 aliphatic rings. The van der Waals surface area contributed by atoms with Crippen LogP contribution >= 0.6 is 0 Å². The maximum atomic E-state index is 11.5. The molecule has 1 fully saturated rings. The first-order valence-electron chi connectivity index (χ1n) is 4.79. The lowest BCUT2D eigenvalue weighted by atomic mass is 10.3. The van der Waals surface area contributed by atoms with Crippen molar-refractivity contribution in [1.82, 2.24) is 10.2 Å². The van der Waals surface area contributed by atoms with E-state index < -0.39 is 0 Å². The number of hydrogen-bond donors (Lipinski definition) is 1. The molecule has 1 atom stereocenters. The fourth-order valence-electron chi connectivity index (χ4n) is 1.49. The molecule has 0 spiro atoms. The molecular formula is C9H18N2O2. The molecule has 0 bridgehead atoms. The molecule has 0 aromatic carbocycles. The molecule has 76 valence electrons. The Kier molecular flexibility index (Phi) is 4.18. The average Bonchev–Trinajstić information content (AvgIpc) is 2.62. The van der Waals surface area contributed by atoms with Crippen LogP contribution in [0.15, 0.2) is 0 Å². The van der Waals surface area contributed by atoms with Crippen LogP contribution in [0.3, 0.4) is 0 Å². The minimum absolute atomic E-state index is 0.182. The number of methoxy groups -OCH3 is 1. The van der Waals surface area contributed by atoms with Crippen LogP contribution in [0.5, 0.6) is 0 Å². The lowest BCUT2D eigenvalue weighted by Crippen LogP contribution is -2.37. The number of ether oxygens (including phenoxy) is 1. The van der Waals surface area contributed by atoms with E-state index in [2.05, 4.69) is 5.32 Å². The van der Waals surface area contributed by atoms with Gasteiger partial charge < -0.3 is 15.0 Å². The minimum Gasteiger partial charge on any atom is -0.380 e. The molecule has 1 heterocycles. The normalized spacial score (nSPS) is 22.3. The molecule has 0 radical (unpaired) electrons. The number of carbonyl (C=O) groups excluding carboxylic acids is 1. The monoisotopic (exact) mass is 186 g/mol. The van der Waals surface area contributed by atoms with Crippen molar-refractivity contribution in [2.45, 2.75) is 19.4 Å². The fraction of sp³-hybridized carbons (Fsp3) is 0.889. The maximum absolute atomic E-state index is 11.5. The number of nitrogens with zero attached hydrogens (tertiary/aromatic N) is 1. The van der Waals surface area contributed by atoms with Crippen LogP contribution < -0.4 is 5.32 Å². The predicted molar refractivity (Wildman–Crippen MR) is 50.5 cm³/mol. The van der Waals surface area contributed by atoms with Crippen LogP contribution in [0.25, 0.3) is 0 Å². The summed E-state index contributed by atoms with van der Waals surface area (Å²) in [4.78, 5) is 13.3. The standard InChI is InChI=1S/C9H18N2O2/c1-3-10-6-9(12)11-5-4-8(7-11)13-2/h8,10H,3-7H2,1-2H3. The first-order valence-corrected chi connectivity index (χ1v) is 4.79. The van der Waals surface area contributed by atoms with Gasteiger partial charge in [0.05, 0.1) is 12.6 Å². The molecular weight excluding hydrogens is 168 g/mol. The van der Waals surface area contributed by atoms with Gasteiger partial charge in [-0.25, -0.2) is 0 Å². The van der Waals surface area contributed by atoms with Crippen molar-refractivity contribution >= 4 is 5.91 Å². The highest BCUT2D eigenvalue weighted by atomic mass is 16.5. The van der Waals surface area contributed by atoms with Crippen LogP contribution in [0, 0.1) is 0 Å². The SMILES string of the molecule is CCNCC(=O)N1CCC(OC)C1. The van der Waals surface area contributed by atoms with Gasteiger partial charge in [0, 0.05) is 20.2 Å². The Morgan fingerprint density at radius 1 is 1.69 bits per heavy atom. The van der Waals surface area contributed by atoms with E-state index in [1.807, 2.05) is 11.8 Å². The zero-order valence-electron chi connectivity index (χ0n) is 8.38. The van der Waals surface area contributed by atoms with Gasteiger partial charge in [-0.2, -0.15) is 0 Å². The highest BCUT2D eigenvalue weighted by molar-refractivity contribution is 5.78. The predicted octanol–water partition coefficient (Wildman–Crippen LogP) is -0.157. The molecule has 1 saturated heterocycles. The zero-order valence-corrected chi connectivity index (χ0v) is 8.38. The van der Waals surface area contributed by atoms with Gasteiger partial charge in [0.1, 0.15) is 0 Å². The summed E-state index contributed by atoms with van der Waals surface area (Å²) < 4.78 is 5.18. The second-order valence-electron chi connectivity index (χ2n) is 3.27. The Bertz CT molecular complexity index is 173. The third kappa shape index (κ3) is 2.97. The van der Waals surface area contributed by atoms with Crippen molar-refractivity contribution in [3.63, 3.8) is 0 Å². The van der Waals surface area contributed by atoms with Gasteiger partial charge in [-0.3, -0.25) is 4.79 Å². The summed E-state index contributed by atoms with van der Waals surface area (Å²) in [6, 6.07) is 0. The van der Waals surface area contributed by atoms with Crippen molar-refractivity contribution in [2.75, 3.05) is 33.3 Å². The summed E-state index contributed by atoms with van der Waals surface area (Å²) in [6.07, 6.45) is 1.21. The lowest BCUT2D eigenvalue weighted by molar-refractivity contribution is -0.129. The van der Waals surface area contributed by atoms with Crippen molar-refractivity contribution in [3.8, 4) is 0 Å². The van der Waals surface area contributed by atoms with Crippen LogP contribution in [0.4, 0.5) is 0 Å². The molecule has 1 unspecified atom stereocenters. The van der Waals surface area contributed by atoms with Gasteiger partial charge in [-0.1, -0.05) is 6.92 Å². The molecule has 0 aromatic heterocycles. The van der Waals surface area contributed by atoms with Crippen molar-refractivity contribution in [1.29, 1.82) is 0 Å². The molecule has 4 nitrogen and oxygen atoms in total. The minimum atomic E-state index is 0.182. The van der Waals surface area contributed by atoms with E-state index in [9.17, 15) is 4.79 Å². The van der Waals surface area contributed by atoms with Gasteiger partial charge in [0.2, 0.25) is 5.91 Å². The van der Waals surface area contributed by atoms with Crippen LogP contribution in [0.2, 0.25) is 0 Å². The number of nitrogens with one attached hydrogen (secondary N) is 1. The first kappa shape index (κ1) is 10.5. The Labute approximate surface area is 79.2 Å². The maximum Gasteiger partial charge on any atom is 0.236 e. The summed E-state index contributed by atoms with van der Waals surface area (Å²) in [7, 11) is 1.70. The van der Waals surface area contributed by atoms with E-state index in [1.165, 1.54) is 0 Å². The number of carbonyl (C=O) groups is 1. The fourth-order valence-corrected chi connectivity index (χ4v) is 1.49. The summed E-state index contributed by atoms with van der Waals surface area (Å²) in [5.41, 5.74) is 0. The van der Waals surface area contributed by atoms with E-state index in [0.717, 1.165) is 26.1 Å². The number of amides is 1. The summed E-state index contributed by atoms with van der Waals surface area (Å²) in [5.74, 6) is 0.182. The lowest BCUT2D eigenvalue weighted by Gasteiger charge is -2.15. The van der Waals surface area contributed by atoms with E-state index in [-0.39, 0.29) is 12.0 Å². The van der Waals surface area contributed by atoms with E-state index in [4.69, 9.17) is 4.74 Å². The number of hydrogen-bond acceptors (Lipinski definition) is 3. The number of likely N-dealkylation sites (N-methyl/N-ethyl adjacent to an activating group) is 1. The summed E-state index contributed by atoms with van der Waals surface area (Å²) >= 11 is 0. The Morgan fingerprint density at radius 2 is 2.46 bits per heavy atom. The van der Waals surface area contributed by atoms with Crippen LogP contribution in [-0.2, 0) is 9.53 Å². The third-order valence-corrected chi connectivity index (χ3v) is 2.36. The Hall–Kier alpha value is -0.610. The van der Waals surface area contributed by atoms with Crippen LogP contribution in [0.1, 0.15) is 13.3 Å². The zero-order chi connectivity index (χ0) is 9.68. The Morgan fingerprint density at radius 3 is 3.00 bits per heavy atom. The number of rotatable bonds is 4. The number of likely N-dealkylation sites (tertiary alicyclic amines) is 1. The molecule has 0 saturated carbocycles. The summed E-state index contributed by atoms with van der Waals surface area (Å²) in [6.45, 7) is 4.87. The van der Waals surface area contributed by atoms with Gasteiger partial charge in [0.25, 0.3) is 0 Å². The second-order valence-corrected chi connectivity index (χ2v) is 3.27.